The summed E-state index contributed by atoms with van der Waals surface area (Å²) < 4.78 is 0. The molecule has 4 heteroatoms. The van der Waals surface area contributed by atoms with Crippen molar-refractivity contribution in [3.63, 3.8) is 0 Å². The predicted octanol–water partition coefficient (Wildman–Crippen LogP) is -0.211. The molecule has 0 atom stereocenters. The molecule has 0 aliphatic carbocycles. The highest BCUT2D eigenvalue weighted by atomic mass is 79.9. The lowest BCUT2D eigenvalue weighted by Crippen LogP contribution is -3.00. The quantitative estimate of drug-likeness (QED) is 0.544. The predicted molar refractivity (Wildman–Crippen MR) is 47.9 cm³/mol. The maximum Gasteiger partial charge on any atom is 1.00 e. The van der Waals surface area contributed by atoms with Gasteiger partial charge in [0.2, 0.25) is 0 Å². The minimum atomic E-state index is 0. The van der Waals surface area contributed by atoms with Crippen LogP contribution >= 0.6 is 27.5 Å². The van der Waals surface area contributed by atoms with Crippen LogP contribution in [0, 0.1) is 0 Å². The number of hydrogen-bond acceptors (Lipinski definition) is 1. The standard InChI is InChI=1S/C7H7BrClN.BrH/c8-4-3-6-2-1-5-10-7(6)9;/h1-2,5H,3-4H2;1H. The van der Waals surface area contributed by atoms with E-state index in [9.17, 15) is 0 Å². The summed E-state index contributed by atoms with van der Waals surface area (Å²) in [6.07, 6.45) is 2.63. The van der Waals surface area contributed by atoms with Gasteiger partial charge in [-0.2, -0.15) is 0 Å². The molecule has 0 bridgehead atoms. The van der Waals surface area contributed by atoms with Crippen LogP contribution in [0.1, 0.15) is 6.99 Å². The molecule has 0 radical (unpaired) electrons. The van der Waals surface area contributed by atoms with Gasteiger partial charge in [0.05, 0.1) is 0 Å². The number of pyridine rings is 1. The van der Waals surface area contributed by atoms with E-state index in [0.29, 0.717) is 5.15 Å². The van der Waals surface area contributed by atoms with Crippen molar-refractivity contribution in [3.8, 4) is 0 Å². The summed E-state index contributed by atoms with van der Waals surface area (Å²) in [5.41, 5.74) is 1.10. The lowest BCUT2D eigenvalue weighted by Gasteiger charge is -1.97. The smallest absolute Gasteiger partial charge is 1.00 e. The van der Waals surface area contributed by atoms with Gasteiger partial charge in [-0.05, 0) is 18.1 Å². The monoisotopic (exact) mass is 299 g/mol. The van der Waals surface area contributed by atoms with E-state index in [2.05, 4.69) is 20.9 Å². The molecule has 0 saturated heterocycles. The van der Waals surface area contributed by atoms with Crippen LogP contribution in [0.5, 0.6) is 0 Å². The summed E-state index contributed by atoms with van der Waals surface area (Å²) in [5.74, 6) is 0. The summed E-state index contributed by atoms with van der Waals surface area (Å²) in [5, 5.41) is 1.54. The van der Waals surface area contributed by atoms with Gasteiger partial charge in [0, 0.05) is 11.5 Å². The third-order valence-electron chi connectivity index (χ3n) is 1.20. The summed E-state index contributed by atoms with van der Waals surface area (Å²) >= 11 is 9.10. The van der Waals surface area contributed by atoms with E-state index < -0.39 is 0 Å². The Balaban J connectivity index is 0. The van der Waals surface area contributed by atoms with Crippen LogP contribution in [0.3, 0.4) is 0 Å². The fraction of sp³-hybridized carbons (Fsp3) is 0.286. The van der Waals surface area contributed by atoms with E-state index in [-0.39, 0.29) is 18.4 Å². The number of rotatable bonds is 2. The highest BCUT2D eigenvalue weighted by molar-refractivity contribution is 9.09. The zero-order chi connectivity index (χ0) is 7.40. The van der Waals surface area contributed by atoms with Gasteiger partial charge < -0.3 is 17.0 Å². The molecule has 1 aromatic rings. The molecule has 0 fully saturated rings. The van der Waals surface area contributed by atoms with Gasteiger partial charge in [0.25, 0.3) is 0 Å². The fourth-order valence-electron chi connectivity index (χ4n) is 0.708. The van der Waals surface area contributed by atoms with Crippen molar-refractivity contribution in [3.05, 3.63) is 29.0 Å². The highest BCUT2D eigenvalue weighted by Crippen LogP contribution is 2.12. The SMILES string of the molecule is Clc1ncccc1CCBr.[Br-].[H+]. The molecule has 11 heavy (non-hydrogen) atoms. The molecule has 1 nitrogen and oxygen atoms in total. The average molecular weight is 301 g/mol. The number of aryl methyl sites for hydroxylation is 1. The van der Waals surface area contributed by atoms with Crippen LogP contribution in [0.15, 0.2) is 18.3 Å². The first kappa shape index (κ1) is 11.4. The number of nitrogens with zero attached hydrogens (tertiary/aromatic N) is 1. The maximum absolute atomic E-state index is 5.77. The van der Waals surface area contributed by atoms with Crippen LogP contribution in [0.2, 0.25) is 5.15 Å². The van der Waals surface area contributed by atoms with E-state index >= 15 is 0 Å². The molecule has 0 aliphatic rings. The second kappa shape index (κ2) is 5.98. The van der Waals surface area contributed by atoms with Crippen LogP contribution in [0.4, 0.5) is 0 Å². The van der Waals surface area contributed by atoms with Gasteiger partial charge in [-0.25, -0.2) is 4.98 Å². The Morgan fingerprint density at radius 3 is 2.91 bits per heavy atom. The normalized spacial score (nSPS) is 8.91. The van der Waals surface area contributed by atoms with Crippen LogP contribution in [-0.2, 0) is 6.42 Å². The first-order valence-corrected chi connectivity index (χ1v) is 4.50. The minimum absolute atomic E-state index is 0. The number of aromatic nitrogens is 1. The van der Waals surface area contributed by atoms with E-state index in [0.717, 1.165) is 17.3 Å². The Labute approximate surface area is 91.5 Å². The summed E-state index contributed by atoms with van der Waals surface area (Å²) in [4.78, 5) is 3.94. The van der Waals surface area contributed by atoms with Gasteiger partial charge in [-0.1, -0.05) is 33.6 Å². The van der Waals surface area contributed by atoms with Crippen LogP contribution < -0.4 is 17.0 Å². The largest absolute Gasteiger partial charge is 1.00 e. The van der Waals surface area contributed by atoms with E-state index in [1.54, 1.807) is 6.20 Å². The fourth-order valence-corrected chi connectivity index (χ4v) is 1.35. The Bertz CT molecular complexity index is 222. The lowest BCUT2D eigenvalue weighted by molar-refractivity contribution is -0.00000192. The van der Waals surface area contributed by atoms with Gasteiger partial charge in [0.15, 0.2) is 0 Å². The Kier molecular flexibility index (Phi) is 6.19. The second-order valence-electron chi connectivity index (χ2n) is 1.89. The van der Waals surface area contributed by atoms with Crippen molar-refractivity contribution in [2.75, 3.05) is 5.33 Å². The molecular weight excluding hydrogens is 293 g/mol. The van der Waals surface area contributed by atoms with E-state index in [1.165, 1.54) is 0 Å². The van der Waals surface area contributed by atoms with Gasteiger partial charge in [-0.3, -0.25) is 0 Å². The molecule has 1 heterocycles. The zero-order valence-electron chi connectivity index (χ0n) is 6.73. The third-order valence-corrected chi connectivity index (χ3v) is 1.94. The molecule has 0 aliphatic heterocycles. The van der Waals surface area contributed by atoms with E-state index in [1.807, 2.05) is 12.1 Å². The Morgan fingerprint density at radius 2 is 2.36 bits per heavy atom. The highest BCUT2D eigenvalue weighted by Gasteiger charge is 1.96. The maximum atomic E-state index is 5.77. The number of halogens is 3. The molecule has 62 valence electrons. The van der Waals surface area contributed by atoms with Crippen LogP contribution in [0.25, 0.3) is 0 Å². The Morgan fingerprint density at radius 1 is 1.64 bits per heavy atom. The molecule has 0 spiro atoms. The molecule has 1 aromatic heterocycles. The first-order valence-electron chi connectivity index (χ1n) is 3.00. The summed E-state index contributed by atoms with van der Waals surface area (Å²) in [6.45, 7) is 0. The Hall–Kier alpha value is 0.400. The average Bonchev–Trinajstić information content (AvgIpc) is 1.94. The molecule has 0 amide bonds. The van der Waals surface area contributed by atoms with Crippen molar-refractivity contribution in [1.29, 1.82) is 0 Å². The van der Waals surface area contributed by atoms with E-state index in [4.69, 9.17) is 11.6 Å². The molecule has 0 unspecified atom stereocenters. The molecular formula is C7H8Br2ClN. The van der Waals surface area contributed by atoms with Crippen molar-refractivity contribution in [2.24, 2.45) is 0 Å². The van der Waals surface area contributed by atoms with Gasteiger partial charge >= 0.3 is 1.43 Å². The summed E-state index contributed by atoms with van der Waals surface area (Å²) in [6, 6.07) is 3.88. The zero-order valence-corrected chi connectivity index (χ0v) is 9.66. The van der Waals surface area contributed by atoms with Crippen molar-refractivity contribution < 1.29 is 18.4 Å². The third kappa shape index (κ3) is 3.54. The number of alkyl halides is 1. The van der Waals surface area contributed by atoms with Crippen LogP contribution in [-0.4, -0.2) is 10.3 Å². The molecule has 0 N–H and O–H groups in total. The first-order chi connectivity index (χ1) is 4.84. The topological polar surface area (TPSA) is 12.9 Å². The number of hydrogen-bond donors (Lipinski definition) is 0. The van der Waals surface area contributed by atoms with Gasteiger partial charge in [-0.15, -0.1) is 0 Å². The molecule has 1 rings (SSSR count). The second-order valence-corrected chi connectivity index (χ2v) is 3.04. The van der Waals surface area contributed by atoms with Crippen molar-refractivity contribution in [2.45, 2.75) is 6.42 Å². The van der Waals surface area contributed by atoms with Gasteiger partial charge in [0.1, 0.15) is 5.15 Å². The van der Waals surface area contributed by atoms with Crippen molar-refractivity contribution >= 4 is 27.5 Å². The lowest BCUT2D eigenvalue weighted by atomic mass is 10.2. The minimum Gasteiger partial charge on any atom is -1.00 e. The molecule has 0 aromatic carbocycles. The van der Waals surface area contributed by atoms with Crippen molar-refractivity contribution in [1.82, 2.24) is 4.98 Å². The summed E-state index contributed by atoms with van der Waals surface area (Å²) in [7, 11) is 0. The molecule has 0 saturated carbocycles.